The lowest BCUT2D eigenvalue weighted by molar-refractivity contribution is -0.384. The Morgan fingerprint density at radius 2 is 1.85 bits per heavy atom. The van der Waals surface area contributed by atoms with Crippen LogP contribution in [-0.4, -0.2) is 4.92 Å². The first-order valence-electron chi connectivity index (χ1n) is 5.92. The molecule has 5 nitrogen and oxygen atoms in total. The van der Waals surface area contributed by atoms with Crippen molar-refractivity contribution in [3.63, 3.8) is 0 Å². The zero-order chi connectivity index (χ0) is 14.1. The van der Waals surface area contributed by atoms with Crippen LogP contribution in [0.4, 0.5) is 5.69 Å². The van der Waals surface area contributed by atoms with Gasteiger partial charge in [-0.2, -0.15) is 0 Å². The van der Waals surface area contributed by atoms with Gasteiger partial charge in [-0.05, 0) is 17.7 Å². The summed E-state index contributed by atoms with van der Waals surface area (Å²) in [7, 11) is 0. The molecule has 0 radical (unpaired) electrons. The Kier molecular flexibility index (Phi) is 2.80. The minimum Gasteiger partial charge on any atom is -0.463 e. The maximum atomic E-state index is 12.4. The van der Waals surface area contributed by atoms with E-state index in [0.29, 0.717) is 22.1 Å². The second kappa shape index (κ2) is 4.62. The van der Waals surface area contributed by atoms with Crippen LogP contribution in [0.3, 0.4) is 0 Å². The van der Waals surface area contributed by atoms with Gasteiger partial charge in [-0.1, -0.05) is 24.3 Å². The van der Waals surface area contributed by atoms with Crippen LogP contribution in [0.15, 0.2) is 64.0 Å². The fourth-order valence-corrected chi connectivity index (χ4v) is 2.06. The van der Waals surface area contributed by atoms with Gasteiger partial charge < -0.3 is 4.42 Å². The molecule has 0 aliphatic heterocycles. The first kappa shape index (κ1) is 12.1. The highest BCUT2D eigenvalue weighted by Gasteiger charge is 2.12. The summed E-state index contributed by atoms with van der Waals surface area (Å²) in [6.07, 6.45) is 1.34. The third kappa shape index (κ3) is 1.95. The molecule has 5 heteroatoms. The molecule has 0 saturated carbocycles. The van der Waals surface area contributed by atoms with Crippen molar-refractivity contribution in [2.75, 3.05) is 0 Å². The van der Waals surface area contributed by atoms with Gasteiger partial charge in [-0.15, -0.1) is 0 Å². The van der Waals surface area contributed by atoms with Gasteiger partial charge in [0.25, 0.3) is 5.69 Å². The van der Waals surface area contributed by atoms with Gasteiger partial charge in [0.05, 0.1) is 15.9 Å². The molecule has 3 aromatic rings. The predicted molar refractivity (Wildman–Crippen MR) is 74.6 cm³/mol. The van der Waals surface area contributed by atoms with Gasteiger partial charge >= 0.3 is 0 Å². The summed E-state index contributed by atoms with van der Waals surface area (Å²) < 4.78 is 5.41. The van der Waals surface area contributed by atoms with E-state index in [1.165, 1.54) is 18.4 Å². The average molecular weight is 267 g/mol. The Hall–Kier alpha value is -2.95. The molecule has 0 amide bonds. The summed E-state index contributed by atoms with van der Waals surface area (Å²) in [6.45, 7) is 0. The SMILES string of the molecule is O=c1c(-c2cccc([N+](=O)[O-])c2)coc2ccccc12. The van der Waals surface area contributed by atoms with Crippen LogP contribution < -0.4 is 5.43 Å². The van der Waals surface area contributed by atoms with Crippen molar-refractivity contribution in [1.82, 2.24) is 0 Å². The van der Waals surface area contributed by atoms with E-state index < -0.39 is 4.92 Å². The molecule has 0 aliphatic carbocycles. The zero-order valence-electron chi connectivity index (χ0n) is 10.3. The monoisotopic (exact) mass is 267 g/mol. The summed E-state index contributed by atoms with van der Waals surface area (Å²) in [5, 5.41) is 11.2. The average Bonchev–Trinajstić information content (AvgIpc) is 2.48. The molecule has 0 unspecified atom stereocenters. The normalized spacial score (nSPS) is 10.6. The largest absolute Gasteiger partial charge is 0.463 e. The van der Waals surface area contributed by atoms with E-state index in [4.69, 9.17) is 4.42 Å². The molecule has 1 aromatic heterocycles. The maximum absolute atomic E-state index is 12.4. The predicted octanol–water partition coefficient (Wildman–Crippen LogP) is 3.37. The van der Waals surface area contributed by atoms with Crippen molar-refractivity contribution in [3.8, 4) is 11.1 Å². The number of nitrogens with zero attached hydrogens (tertiary/aromatic N) is 1. The molecule has 20 heavy (non-hydrogen) atoms. The molecule has 98 valence electrons. The van der Waals surface area contributed by atoms with Gasteiger partial charge in [0.2, 0.25) is 0 Å². The molecule has 3 rings (SSSR count). The molecule has 0 spiro atoms. The van der Waals surface area contributed by atoms with Crippen molar-refractivity contribution in [1.29, 1.82) is 0 Å². The number of non-ortho nitro benzene ring substituents is 1. The fourth-order valence-electron chi connectivity index (χ4n) is 2.06. The van der Waals surface area contributed by atoms with Crippen LogP contribution in [-0.2, 0) is 0 Å². The number of rotatable bonds is 2. The van der Waals surface area contributed by atoms with Gasteiger partial charge in [0.1, 0.15) is 11.8 Å². The van der Waals surface area contributed by atoms with E-state index in [1.54, 1.807) is 36.4 Å². The van der Waals surface area contributed by atoms with E-state index in [1.807, 2.05) is 0 Å². The van der Waals surface area contributed by atoms with Gasteiger partial charge in [0.15, 0.2) is 5.43 Å². The van der Waals surface area contributed by atoms with Crippen LogP contribution in [0.25, 0.3) is 22.1 Å². The summed E-state index contributed by atoms with van der Waals surface area (Å²) in [5.41, 5.74) is 1.01. The van der Waals surface area contributed by atoms with Gasteiger partial charge in [-0.3, -0.25) is 14.9 Å². The minimum atomic E-state index is -0.494. The Labute approximate surface area is 113 Å². The summed E-state index contributed by atoms with van der Waals surface area (Å²) in [5.74, 6) is 0. The third-order valence-electron chi connectivity index (χ3n) is 3.05. The molecule has 0 saturated heterocycles. The van der Waals surface area contributed by atoms with E-state index in [9.17, 15) is 14.9 Å². The van der Waals surface area contributed by atoms with Crippen LogP contribution in [0.2, 0.25) is 0 Å². The van der Waals surface area contributed by atoms with Crippen LogP contribution in [0, 0.1) is 10.1 Å². The lowest BCUT2D eigenvalue weighted by atomic mass is 10.1. The number of para-hydroxylation sites is 1. The number of nitro groups is 1. The standard InChI is InChI=1S/C15H9NO4/c17-15-12-6-1-2-7-14(12)20-9-13(15)10-4-3-5-11(8-10)16(18)19/h1-9H. The third-order valence-corrected chi connectivity index (χ3v) is 3.05. The summed E-state index contributed by atoms with van der Waals surface area (Å²) >= 11 is 0. The van der Waals surface area contributed by atoms with E-state index in [2.05, 4.69) is 0 Å². The first-order valence-corrected chi connectivity index (χ1v) is 5.92. The van der Waals surface area contributed by atoms with Crippen molar-refractivity contribution < 1.29 is 9.34 Å². The summed E-state index contributed by atoms with van der Waals surface area (Å²) in [4.78, 5) is 22.7. The second-order valence-corrected chi connectivity index (χ2v) is 4.28. The lowest BCUT2D eigenvalue weighted by Gasteiger charge is -2.02. The fraction of sp³-hybridized carbons (Fsp3) is 0. The number of hydrogen-bond donors (Lipinski definition) is 0. The van der Waals surface area contributed by atoms with E-state index in [0.717, 1.165) is 0 Å². The number of hydrogen-bond acceptors (Lipinski definition) is 4. The number of fused-ring (bicyclic) bond motifs is 1. The van der Waals surface area contributed by atoms with Crippen molar-refractivity contribution in [2.24, 2.45) is 0 Å². The Morgan fingerprint density at radius 3 is 2.65 bits per heavy atom. The Bertz CT molecular complexity index is 867. The molecule has 1 heterocycles. The molecule has 0 aliphatic rings. The highest BCUT2D eigenvalue weighted by atomic mass is 16.6. The molecule has 0 bridgehead atoms. The zero-order valence-corrected chi connectivity index (χ0v) is 10.3. The Morgan fingerprint density at radius 1 is 1.05 bits per heavy atom. The lowest BCUT2D eigenvalue weighted by Crippen LogP contribution is -2.04. The number of benzene rings is 2. The highest BCUT2D eigenvalue weighted by molar-refractivity contribution is 5.81. The van der Waals surface area contributed by atoms with Crippen LogP contribution in [0.1, 0.15) is 0 Å². The van der Waals surface area contributed by atoms with Crippen LogP contribution in [0.5, 0.6) is 0 Å². The van der Waals surface area contributed by atoms with Crippen molar-refractivity contribution >= 4 is 16.7 Å². The number of nitro benzene ring substituents is 1. The van der Waals surface area contributed by atoms with E-state index >= 15 is 0 Å². The first-order chi connectivity index (χ1) is 9.66. The van der Waals surface area contributed by atoms with Gasteiger partial charge in [-0.25, -0.2) is 0 Å². The molecular formula is C15H9NO4. The highest BCUT2D eigenvalue weighted by Crippen LogP contribution is 2.23. The molecule has 2 aromatic carbocycles. The molecule has 0 fully saturated rings. The molecular weight excluding hydrogens is 258 g/mol. The maximum Gasteiger partial charge on any atom is 0.270 e. The molecule has 0 N–H and O–H groups in total. The topological polar surface area (TPSA) is 73.3 Å². The second-order valence-electron chi connectivity index (χ2n) is 4.28. The smallest absolute Gasteiger partial charge is 0.270 e. The summed E-state index contributed by atoms with van der Waals surface area (Å²) in [6, 6.07) is 12.8. The van der Waals surface area contributed by atoms with Crippen molar-refractivity contribution in [2.45, 2.75) is 0 Å². The van der Waals surface area contributed by atoms with Crippen LogP contribution >= 0.6 is 0 Å². The Balaban J connectivity index is 2.25. The van der Waals surface area contributed by atoms with Gasteiger partial charge in [0, 0.05) is 12.1 Å². The van der Waals surface area contributed by atoms with E-state index in [-0.39, 0.29) is 11.1 Å². The van der Waals surface area contributed by atoms with Crippen molar-refractivity contribution in [3.05, 3.63) is 75.1 Å². The quantitative estimate of drug-likeness (QED) is 0.527. The minimum absolute atomic E-state index is 0.0601. The molecule has 0 atom stereocenters.